The second-order valence-corrected chi connectivity index (χ2v) is 6.12. The van der Waals surface area contributed by atoms with Crippen LogP contribution in [-0.4, -0.2) is 21.7 Å². The van der Waals surface area contributed by atoms with Crippen LogP contribution in [0.2, 0.25) is 0 Å². The van der Waals surface area contributed by atoms with Crippen LogP contribution >= 0.6 is 21.6 Å². The lowest BCUT2D eigenvalue weighted by atomic mass is 10.2. The smallest absolute Gasteiger partial charge is 0.303 e. The number of nitrogens with one attached hydrogen (secondary N) is 1. The first-order chi connectivity index (χ1) is 7.18. The quantitative estimate of drug-likeness (QED) is 0.704. The minimum atomic E-state index is -0.717. The average Bonchev–Trinajstić information content (AvgIpc) is 2.25. The Morgan fingerprint density at radius 1 is 1.60 bits per heavy atom. The van der Waals surface area contributed by atoms with E-state index in [2.05, 4.69) is 18.3 Å². The van der Waals surface area contributed by atoms with Crippen molar-refractivity contribution in [1.29, 1.82) is 0 Å². The number of hydrogen-bond acceptors (Lipinski definition) is 4. The van der Waals surface area contributed by atoms with Crippen molar-refractivity contribution >= 4 is 27.6 Å². The third kappa shape index (κ3) is 5.79. The molecule has 1 heterocycles. The van der Waals surface area contributed by atoms with Crippen LogP contribution < -0.4 is 5.32 Å². The van der Waals surface area contributed by atoms with Crippen LogP contribution in [0.15, 0.2) is 24.4 Å². The van der Waals surface area contributed by atoms with E-state index in [1.165, 1.54) is 0 Å². The molecule has 0 fully saturated rings. The molecule has 0 saturated heterocycles. The molecule has 2 N–H and O–H groups in total. The van der Waals surface area contributed by atoms with E-state index in [1.54, 1.807) is 21.6 Å². The first-order valence-corrected chi connectivity index (χ1v) is 7.09. The van der Waals surface area contributed by atoms with Crippen molar-refractivity contribution < 1.29 is 9.90 Å². The van der Waals surface area contributed by atoms with Crippen LogP contribution in [0.3, 0.4) is 0 Å². The van der Waals surface area contributed by atoms with E-state index >= 15 is 0 Å². The van der Waals surface area contributed by atoms with Crippen molar-refractivity contribution in [2.75, 3.05) is 0 Å². The molecular weight excluding hydrogens is 230 g/mol. The summed E-state index contributed by atoms with van der Waals surface area (Å²) in [7, 11) is 3.46. The Morgan fingerprint density at radius 2 is 2.40 bits per heavy atom. The fraction of sp³-hybridized carbons (Fsp3) is 0.500. The van der Waals surface area contributed by atoms with Crippen LogP contribution in [0.5, 0.6) is 0 Å². The van der Waals surface area contributed by atoms with E-state index in [0.29, 0.717) is 10.6 Å². The van der Waals surface area contributed by atoms with Gasteiger partial charge < -0.3 is 10.4 Å². The van der Waals surface area contributed by atoms with Crippen molar-refractivity contribution in [3.63, 3.8) is 0 Å². The maximum atomic E-state index is 10.4. The van der Waals surface area contributed by atoms with Gasteiger partial charge in [0.05, 0.1) is 0 Å². The van der Waals surface area contributed by atoms with Crippen LogP contribution in [-0.2, 0) is 4.79 Å². The molecule has 3 nitrogen and oxygen atoms in total. The lowest BCUT2D eigenvalue weighted by molar-refractivity contribution is -0.137. The monoisotopic (exact) mass is 245 g/mol. The molecule has 0 aromatic carbocycles. The SMILES string of the molecule is CC(CCC(=O)O)SSC1C=CC=CN1. The second-order valence-electron chi connectivity index (χ2n) is 3.27. The number of dihydropyridines is 1. The molecule has 0 aliphatic carbocycles. The number of carboxylic acids is 1. The van der Waals surface area contributed by atoms with Crippen LogP contribution in [0.25, 0.3) is 0 Å². The summed E-state index contributed by atoms with van der Waals surface area (Å²) < 4.78 is 0. The van der Waals surface area contributed by atoms with Crippen LogP contribution in [0.1, 0.15) is 19.8 Å². The lowest BCUT2D eigenvalue weighted by Crippen LogP contribution is -2.19. The molecule has 1 rings (SSSR count). The van der Waals surface area contributed by atoms with Crippen LogP contribution in [0, 0.1) is 0 Å². The summed E-state index contributed by atoms with van der Waals surface area (Å²) in [6.45, 7) is 2.06. The standard InChI is InChI=1S/C10H15NO2S2/c1-8(5-6-10(12)13)14-15-9-4-2-3-7-11-9/h2-4,7-9,11H,5-6H2,1H3,(H,12,13). The Balaban J connectivity index is 2.10. The van der Waals surface area contributed by atoms with E-state index in [4.69, 9.17) is 5.11 Å². The van der Waals surface area contributed by atoms with Gasteiger partial charge in [-0.25, -0.2) is 0 Å². The highest BCUT2D eigenvalue weighted by atomic mass is 33.1. The van der Waals surface area contributed by atoms with E-state index in [1.807, 2.05) is 18.4 Å². The maximum absolute atomic E-state index is 10.4. The van der Waals surface area contributed by atoms with Gasteiger partial charge >= 0.3 is 5.97 Å². The third-order valence-electron chi connectivity index (χ3n) is 1.84. The van der Waals surface area contributed by atoms with Gasteiger partial charge in [0.1, 0.15) is 5.37 Å². The Hall–Kier alpha value is -0.550. The third-order valence-corrected chi connectivity index (χ3v) is 4.96. The van der Waals surface area contributed by atoms with Gasteiger partial charge in [0, 0.05) is 11.7 Å². The summed E-state index contributed by atoms with van der Waals surface area (Å²) in [5, 5.41) is 12.4. The normalized spacial score (nSPS) is 21.0. The number of allylic oxidation sites excluding steroid dienone is 2. The van der Waals surface area contributed by atoms with E-state index in [0.717, 1.165) is 6.42 Å². The number of hydrogen-bond donors (Lipinski definition) is 2. The molecule has 1 aliphatic heterocycles. The van der Waals surface area contributed by atoms with E-state index in [-0.39, 0.29) is 6.42 Å². The van der Waals surface area contributed by atoms with E-state index in [9.17, 15) is 4.79 Å². The summed E-state index contributed by atoms with van der Waals surface area (Å²) >= 11 is 0. The minimum Gasteiger partial charge on any atom is -0.481 e. The Bertz CT molecular complexity index is 266. The van der Waals surface area contributed by atoms with Gasteiger partial charge in [-0.05, 0) is 18.7 Å². The molecule has 84 valence electrons. The molecule has 2 unspecified atom stereocenters. The van der Waals surface area contributed by atoms with Gasteiger partial charge in [-0.15, -0.1) is 0 Å². The Kier molecular flexibility index (Phi) is 5.71. The molecule has 5 heteroatoms. The molecule has 0 aromatic rings. The molecule has 0 amide bonds. The molecule has 0 saturated carbocycles. The molecule has 0 aromatic heterocycles. The van der Waals surface area contributed by atoms with Gasteiger partial charge in [0.2, 0.25) is 0 Å². The molecule has 0 radical (unpaired) electrons. The van der Waals surface area contributed by atoms with Crippen molar-refractivity contribution in [3.05, 3.63) is 24.4 Å². The summed E-state index contributed by atoms with van der Waals surface area (Å²) in [6, 6.07) is 0. The van der Waals surface area contributed by atoms with Crippen molar-refractivity contribution in [2.24, 2.45) is 0 Å². The van der Waals surface area contributed by atoms with Crippen LogP contribution in [0.4, 0.5) is 0 Å². The van der Waals surface area contributed by atoms with E-state index < -0.39 is 5.97 Å². The number of carboxylic acid groups (broad SMARTS) is 1. The summed E-state index contributed by atoms with van der Waals surface area (Å²) in [4.78, 5) is 10.4. The zero-order chi connectivity index (χ0) is 11.1. The van der Waals surface area contributed by atoms with Gasteiger partial charge in [-0.2, -0.15) is 0 Å². The molecule has 2 atom stereocenters. The largest absolute Gasteiger partial charge is 0.481 e. The molecule has 0 bridgehead atoms. The molecule has 15 heavy (non-hydrogen) atoms. The summed E-state index contributed by atoms with van der Waals surface area (Å²) in [5.41, 5.74) is 0. The van der Waals surface area contributed by atoms with Gasteiger partial charge in [-0.1, -0.05) is 40.7 Å². The van der Waals surface area contributed by atoms with Gasteiger partial charge in [0.15, 0.2) is 0 Å². The predicted octanol–water partition coefficient (Wildman–Crippen LogP) is 2.62. The highest BCUT2D eigenvalue weighted by molar-refractivity contribution is 8.77. The zero-order valence-electron chi connectivity index (χ0n) is 8.55. The second kappa shape index (κ2) is 6.85. The topological polar surface area (TPSA) is 49.3 Å². The Labute approximate surface area is 97.8 Å². The fourth-order valence-corrected chi connectivity index (χ4v) is 3.40. The molecular formula is C10H15NO2S2. The predicted molar refractivity (Wildman–Crippen MR) is 66.7 cm³/mol. The highest BCUT2D eigenvalue weighted by Crippen LogP contribution is 2.33. The fourth-order valence-electron chi connectivity index (χ4n) is 1.02. The average molecular weight is 245 g/mol. The number of aliphatic carboxylic acids is 1. The number of rotatable bonds is 6. The van der Waals surface area contributed by atoms with Gasteiger partial charge in [-0.3, -0.25) is 4.79 Å². The summed E-state index contributed by atoms with van der Waals surface area (Å²) in [6.07, 6.45) is 8.94. The Morgan fingerprint density at radius 3 is 3.00 bits per heavy atom. The van der Waals surface area contributed by atoms with Gasteiger partial charge in [0.25, 0.3) is 0 Å². The summed E-state index contributed by atoms with van der Waals surface area (Å²) in [5.74, 6) is -0.717. The molecule has 1 aliphatic rings. The highest BCUT2D eigenvalue weighted by Gasteiger charge is 2.10. The molecule has 0 spiro atoms. The minimum absolute atomic E-state index is 0.253. The number of carbonyl (C=O) groups is 1. The van der Waals surface area contributed by atoms with Crippen molar-refractivity contribution in [2.45, 2.75) is 30.4 Å². The first-order valence-electron chi connectivity index (χ1n) is 4.82. The van der Waals surface area contributed by atoms with Crippen molar-refractivity contribution in [3.8, 4) is 0 Å². The lowest BCUT2D eigenvalue weighted by Gasteiger charge is -2.16. The maximum Gasteiger partial charge on any atom is 0.303 e. The van der Waals surface area contributed by atoms with Crippen molar-refractivity contribution in [1.82, 2.24) is 5.32 Å². The first kappa shape index (κ1) is 12.5. The zero-order valence-corrected chi connectivity index (χ0v) is 10.2.